The number of anilines is 1. The second-order valence-corrected chi connectivity index (χ2v) is 7.71. The number of benzene rings is 1. The van der Waals surface area contributed by atoms with Crippen LogP contribution in [0.25, 0.3) is 0 Å². The van der Waals surface area contributed by atoms with E-state index in [-0.39, 0.29) is 35.2 Å². The Morgan fingerprint density at radius 2 is 2.08 bits per heavy atom. The molecule has 0 radical (unpaired) electrons. The standard InChI is InChI=1S/C15H17ClN2O6S/c1-3-24-13(19)7-17-14(20)10-4-5-11(16)12(6-10)18-15(21)9(2)8-25(18,22)23/h4-6,9H,3,7-8H2,1-2H3,(H,17,20). The molecular weight excluding hydrogens is 372 g/mol. The first-order valence-electron chi connectivity index (χ1n) is 7.47. The van der Waals surface area contributed by atoms with Crippen molar-refractivity contribution in [3.05, 3.63) is 28.8 Å². The Kier molecular flexibility index (Phi) is 5.69. The van der Waals surface area contributed by atoms with Crippen molar-refractivity contribution in [1.82, 2.24) is 5.32 Å². The van der Waals surface area contributed by atoms with E-state index in [1.807, 2.05) is 0 Å². The summed E-state index contributed by atoms with van der Waals surface area (Å²) in [7, 11) is -3.84. The van der Waals surface area contributed by atoms with E-state index in [1.54, 1.807) is 6.92 Å². The van der Waals surface area contributed by atoms with Crippen LogP contribution >= 0.6 is 11.6 Å². The van der Waals surface area contributed by atoms with Gasteiger partial charge in [-0.25, -0.2) is 12.7 Å². The van der Waals surface area contributed by atoms with Crippen LogP contribution in [0.5, 0.6) is 0 Å². The first-order chi connectivity index (χ1) is 11.7. The number of halogens is 1. The highest BCUT2D eigenvalue weighted by molar-refractivity contribution is 7.94. The summed E-state index contributed by atoms with van der Waals surface area (Å²) >= 11 is 6.03. The van der Waals surface area contributed by atoms with Gasteiger partial charge in [-0.3, -0.25) is 14.4 Å². The Morgan fingerprint density at radius 1 is 1.40 bits per heavy atom. The van der Waals surface area contributed by atoms with E-state index in [9.17, 15) is 22.8 Å². The molecule has 8 nitrogen and oxygen atoms in total. The molecule has 25 heavy (non-hydrogen) atoms. The maximum absolute atomic E-state index is 12.2. The van der Waals surface area contributed by atoms with Gasteiger partial charge in [0.2, 0.25) is 15.9 Å². The predicted molar refractivity (Wildman–Crippen MR) is 90.9 cm³/mol. The van der Waals surface area contributed by atoms with E-state index in [0.29, 0.717) is 4.31 Å². The lowest BCUT2D eigenvalue weighted by Crippen LogP contribution is -2.32. The molecule has 2 amide bonds. The van der Waals surface area contributed by atoms with Gasteiger partial charge >= 0.3 is 5.97 Å². The summed E-state index contributed by atoms with van der Waals surface area (Å²) in [6.45, 7) is 3.00. The lowest BCUT2D eigenvalue weighted by molar-refractivity contribution is -0.141. The third kappa shape index (κ3) is 4.10. The molecule has 1 aliphatic rings. The maximum Gasteiger partial charge on any atom is 0.325 e. The van der Waals surface area contributed by atoms with E-state index >= 15 is 0 Å². The van der Waals surface area contributed by atoms with E-state index in [0.717, 1.165) is 0 Å². The van der Waals surface area contributed by atoms with Gasteiger partial charge in [0.05, 0.1) is 29.0 Å². The van der Waals surface area contributed by atoms with Crippen molar-refractivity contribution >= 4 is 45.1 Å². The van der Waals surface area contributed by atoms with Crippen LogP contribution in [0.3, 0.4) is 0 Å². The number of carbonyl (C=O) groups is 3. The molecule has 1 fully saturated rings. The van der Waals surface area contributed by atoms with Gasteiger partial charge in [0.1, 0.15) is 6.54 Å². The summed E-state index contributed by atoms with van der Waals surface area (Å²) in [5, 5.41) is 2.37. The Morgan fingerprint density at radius 3 is 2.64 bits per heavy atom. The highest BCUT2D eigenvalue weighted by atomic mass is 35.5. The number of nitrogens with one attached hydrogen (secondary N) is 1. The largest absolute Gasteiger partial charge is 0.465 e. The molecule has 2 rings (SSSR count). The van der Waals surface area contributed by atoms with Crippen LogP contribution in [0.2, 0.25) is 5.02 Å². The number of sulfonamides is 1. The summed E-state index contributed by atoms with van der Waals surface area (Å²) in [5.74, 6) is -2.84. The Hall–Kier alpha value is -2.13. The molecule has 1 unspecified atom stereocenters. The zero-order chi connectivity index (χ0) is 18.8. The summed E-state index contributed by atoms with van der Waals surface area (Å²) in [6.07, 6.45) is 0. The van der Waals surface area contributed by atoms with Gasteiger partial charge in [0.15, 0.2) is 0 Å². The minimum absolute atomic E-state index is 0.0213. The number of ether oxygens (including phenoxy) is 1. The first kappa shape index (κ1) is 19.2. The Balaban J connectivity index is 2.28. The fourth-order valence-electron chi connectivity index (χ4n) is 2.34. The average molecular weight is 389 g/mol. The second-order valence-electron chi connectivity index (χ2n) is 5.44. The number of esters is 1. The van der Waals surface area contributed by atoms with Crippen molar-refractivity contribution < 1.29 is 27.5 Å². The lowest BCUT2D eigenvalue weighted by Gasteiger charge is -2.17. The van der Waals surface area contributed by atoms with E-state index in [2.05, 4.69) is 5.32 Å². The number of rotatable bonds is 5. The lowest BCUT2D eigenvalue weighted by atomic mass is 10.1. The number of hydrogen-bond acceptors (Lipinski definition) is 6. The van der Waals surface area contributed by atoms with Crippen LogP contribution < -0.4 is 9.62 Å². The topological polar surface area (TPSA) is 110 Å². The van der Waals surface area contributed by atoms with Gasteiger partial charge in [0, 0.05) is 5.56 Å². The zero-order valence-corrected chi connectivity index (χ0v) is 15.2. The van der Waals surface area contributed by atoms with E-state index < -0.39 is 33.7 Å². The van der Waals surface area contributed by atoms with Gasteiger partial charge in [-0.2, -0.15) is 0 Å². The molecule has 1 atom stereocenters. The quantitative estimate of drug-likeness (QED) is 0.752. The smallest absolute Gasteiger partial charge is 0.325 e. The molecule has 1 N–H and O–H groups in total. The molecule has 136 valence electrons. The minimum Gasteiger partial charge on any atom is -0.465 e. The van der Waals surface area contributed by atoms with Crippen molar-refractivity contribution in [2.45, 2.75) is 13.8 Å². The predicted octanol–water partition coefficient (Wildman–Crippen LogP) is 0.945. The van der Waals surface area contributed by atoms with Crippen LogP contribution in [0.4, 0.5) is 5.69 Å². The molecular formula is C15H17ClN2O6S. The third-order valence-corrected chi connectivity index (χ3v) is 5.66. The Bertz CT molecular complexity index is 823. The minimum atomic E-state index is -3.84. The second kappa shape index (κ2) is 7.40. The van der Waals surface area contributed by atoms with Crippen molar-refractivity contribution in [2.75, 3.05) is 23.2 Å². The summed E-state index contributed by atoms with van der Waals surface area (Å²) in [6, 6.07) is 3.89. The highest BCUT2D eigenvalue weighted by Gasteiger charge is 2.43. The van der Waals surface area contributed by atoms with E-state index in [1.165, 1.54) is 25.1 Å². The van der Waals surface area contributed by atoms with Crippen LogP contribution in [0.1, 0.15) is 24.2 Å². The molecule has 1 saturated heterocycles. The number of nitrogens with zero attached hydrogens (tertiary/aromatic N) is 1. The molecule has 0 spiro atoms. The van der Waals surface area contributed by atoms with Crippen LogP contribution in [0.15, 0.2) is 18.2 Å². The Labute approximate surface area is 150 Å². The van der Waals surface area contributed by atoms with Crippen LogP contribution in [-0.4, -0.2) is 45.1 Å². The van der Waals surface area contributed by atoms with Gasteiger partial charge < -0.3 is 10.1 Å². The average Bonchev–Trinajstić information content (AvgIpc) is 2.74. The molecule has 1 aromatic carbocycles. The van der Waals surface area contributed by atoms with Crippen molar-refractivity contribution in [1.29, 1.82) is 0 Å². The van der Waals surface area contributed by atoms with Crippen molar-refractivity contribution in [3.8, 4) is 0 Å². The molecule has 1 aromatic rings. The fraction of sp³-hybridized carbons (Fsp3) is 0.400. The molecule has 10 heteroatoms. The highest BCUT2D eigenvalue weighted by Crippen LogP contribution is 2.34. The van der Waals surface area contributed by atoms with Crippen LogP contribution in [0, 0.1) is 5.92 Å². The summed E-state index contributed by atoms with van der Waals surface area (Å²) in [5.41, 5.74) is -0.0222. The first-order valence-corrected chi connectivity index (χ1v) is 9.46. The number of carbonyl (C=O) groups excluding carboxylic acids is 3. The molecule has 0 bridgehead atoms. The monoisotopic (exact) mass is 388 g/mol. The van der Waals surface area contributed by atoms with Crippen molar-refractivity contribution in [2.24, 2.45) is 5.92 Å². The van der Waals surface area contributed by atoms with Crippen LogP contribution in [-0.2, 0) is 24.3 Å². The molecule has 0 saturated carbocycles. The normalized spacial score (nSPS) is 18.9. The fourth-order valence-corrected chi connectivity index (χ4v) is 4.42. The SMILES string of the molecule is CCOC(=O)CNC(=O)c1ccc(Cl)c(N2C(=O)C(C)CS2(=O)=O)c1. The summed E-state index contributed by atoms with van der Waals surface area (Å²) < 4.78 is 29.7. The molecule has 0 aromatic heterocycles. The van der Waals surface area contributed by atoms with Gasteiger partial charge in [-0.1, -0.05) is 18.5 Å². The van der Waals surface area contributed by atoms with E-state index in [4.69, 9.17) is 16.3 Å². The zero-order valence-electron chi connectivity index (χ0n) is 13.6. The molecule has 1 aliphatic heterocycles. The van der Waals surface area contributed by atoms with Crippen molar-refractivity contribution in [3.63, 3.8) is 0 Å². The maximum atomic E-state index is 12.2. The number of amides is 2. The van der Waals surface area contributed by atoms with Gasteiger partial charge in [-0.05, 0) is 25.1 Å². The number of hydrogen-bond donors (Lipinski definition) is 1. The third-order valence-electron chi connectivity index (χ3n) is 3.49. The molecule has 1 heterocycles. The van der Waals surface area contributed by atoms with Gasteiger partial charge in [0.25, 0.3) is 5.91 Å². The molecule has 0 aliphatic carbocycles. The summed E-state index contributed by atoms with van der Waals surface area (Å²) in [4.78, 5) is 35.6. The van der Waals surface area contributed by atoms with Gasteiger partial charge in [-0.15, -0.1) is 0 Å².